The molecule has 0 saturated carbocycles. The highest BCUT2D eigenvalue weighted by atomic mass is 15.1. The van der Waals surface area contributed by atoms with E-state index < -0.39 is 0 Å². The molecule has 11 aromatic carbocycles. The van der Waals surface area contributed by atoms with Crippen molar-refractivity contribution >= 4 is 60.4 Å². The Morgan fingerprint density at radius 2 is 0.797 bits per heavy atom. The van der Waals surface area contributed by atoms with Crippen molar-refractivity contribution in [3.05, 3.63) is 255 Å². The van der Waals surface area contributed by atoms with Crippen LogP contribution in [0, 0.1) is 0 Å². The first-order valence-corrected chi connectivity index (χ1v) is 22.0. The summed E-state index contributed by atoms with van der Waals surface area (Å²) in [5.74, 6) is 0. The number of fused-ring (bicyclic) bond motifs is 6. The van der Waals surface area contributed by atoms with Gasteiger partial charge in [0.05, 0.1) is 22.4 Å². The van der Waals surface area contributed by atoms with E-state index in [1.165, 1.54) is 65.6 Å². The Morgan fingerprint density at radius 3 is 1.53 bits per heavy atom. The average Bonchev–Trinajstić information content (AvgIpc) is 3.72. The summed E-state index contributed by atoms with van der Waals surface area (Å²) in [6.07, 6.45) is 0. The van der Waals surface area contributed by atoms with E-state index >= 15 is 0 Å². The second kappa shape index (κ2) is 15.8. The van der Waals surface area contributed by atoms with Gasteiger partial charge in [-0.3, -0.25) is 0 Å². The Morgan fingerprint density at radius 1 is 0.266 bits per heavy atom. The Labute approximate surface area is 373 Å². The van der Waals surface area contributed by atoms with Crippen LogP contribution in [0.3, 0.4) is 0 Å². The average molecular weight is 815 g/mol. The summed E-state index contributed by atoms with van der Waals surface area (Å²) in [7, 11) is 0. The molecule has 0 aliphatic carbocycles. The van der Waals surface area contributed by atoms with Crippen LogP contribution in [0.1, 0.15) is 0 Å². The summed E-state index contributed by atoms with van der Waals surface area (Å²) in [5, 5.41) is 7.54. The van der Waals surface area contributed by atoms with Crippen LogP contribution in [0.25, 0.3) is 93.5 Å². The van der Waals surface area contributed by atoms with Crippen LogP contribution in [0.15, 0.2) is 255 Å². The fourth-order valence-corrected chi connectivity index (χ4v) is 9.81. The summed E-state index contributed by atoms with van der Waals surface area (Å²) in [6, 6.07) is 92.8. The van der Waals surface area contributed by atoms with Crippen LogP contribution in [0.4, 0.5) is 17.1 Å². The summed E-state index contributed by atoms with van der Waals surface area (Å²) in [5.41, 5.74) is 16.1. The lowest BCUT2D eigenvalue weighted by Gasteiger charge is -2.30. The lowest BCUT2D eigenvalue weighted by atomic mass is 9.93. The van der Waals surface area contributed by atoms with Gasteiger partial charge < -0.3 is 9.47 Å². The molecule has 300 valence electrons. The minimum absolute atomic E-state index is 1.07. The monoisotopic (exact) mass is 814 g/mol. The number of benzene rings is 11. The van der Waals surface area contributed by atoms with E-state index in [0.717, 1.165) is 45.0 Å². The predicted molar refractivity (Wildman–Crippen MR) is 272 cm³/mol. The van der Waals surface area contributed by atoms with Crippen molar-refractivity contribution in [3.63, 3.8) is 0 Å². The van der Waals surface area contributed by atoms with E-state index in [0.29, 0.717) is 0 Å². The molecule has 12 rings (SSSR count). The molecule has 0 fully saturated rings. The zero-order chi connectivity index (χ0) is 42.4. The highest BCUT2D eigenvalue weighted by molar-refractivity contribution is 6.14. The summed E-state index contributed by atoms with van der Waals surface area (Å²) in [4.78, 5) is 2.46. The molecule has 0 spiro atoms. The summed E-state index contributed by atoms with van der Waals surface area (Å²) in [6.45, 7) is 0. The van der Waals surface area contributed by atoms with Crippen LogP contribution in [-0.2, 0) is 0 Å². The molecule has 0 N–H and O–H groups in total. The van der Waals surface area contributed by atoms with Crippen molar-refractivity contribution in [2.45, 2.75) is 0 Å². The quantitative estimate of drug-likeness (QED) is 0.139. The van der Waals surface area contributed by atoms with Crippen LogP contribution in [0.5, 0.6) is 0 Å². The molecule has 12 aromatic rings. The summed E-state index contributed by atoms with van der Waals surface area (Å²) < 4.78 is 2.40. The van der Waals surface area contributed by atoms with E-state index in [1.807, 2.05) is 0 Å². The highest BCUT2D eigenvalue weighted by Crippen LogP contribution is 2.47. The SMILES string of the molecule is c1ccc(-c2ccc(N(c3ccc(-c4cc5ccccc5c5ccccc45)cc3)c3ccccc3-c3cccc(-n4c5ccccc5c5ccccc54)c3)c(-c3ccccc3)c2)cc1. The number of hydrogen-bond donors (Lipinski definition) is 0. The van der Waals surface area contributed by atoms with Crippen molar-refractivity contribution in [2.75, 3.05) is 4.90 Å². The van der Waals surface area contributed by atoms with E-state index in [-0.39, 0.29) is 0 Å². The van der Waals surface area contributed by atoms with Gasteiger partial charge in [-0.05, 0) is 116 Å². The van der Waals surface area contributed by atoms with Gasteiger partial charge in [0, 0.05) is 33.3 Å². The maximum Gasteiger partial charge on any atom is 0.0541 e. The fraction of sp³-hybridized carbons (Fsp3) is 0. The molecule has 0 amide bonds. The molecule has 1 aromatic heterocycles. The Balaban J connectivity index is 1.07. The van der Waals surface area contributed by atoms with E-state index in [1.54, 1.807) is 0 Å². The van der Waals surface area contributed by atoms with Crippen molar-refractivity contribution in [3.8, 4) is 50.2 Å². The van der Waals surface area contributed by atoms with Gasteiger partial charge in [-0.15, -0.1) is 0 Å². The molecule has 0 atom stereocenters. The molecule has 0 aliphatic rings. The molecule has 1 heterocycles. The number of anilines is 3. The van der Waals surface area contributed by atoms with E-state index in [4.69, 9.17) is 0 Å². The fourth-order valence-electron chi connectivity index (χ4n) is 9.81. The Hall–Kier alpha value is -8.46. The van der Waals surface area contributed by atoms with Gasteiger partial charge in [0.2, 0.25) is 0 Å². The molecule has 64 heavy (non-hydrogen) atoms. The highest BCUT2D eigenvalue weighted by Gasteiger charge is 2.22. The topological polar surface area (TPSA) is 8.17 Å². The van der Waals surface area contributed by atoms with Crippen LogP contribution in [-0.4, -0.2) is 4.57 Å². The molecule has 2 heteroatoms. The van der Waals surface area contributed by atoms with Crippen LogP contribution < -0.4 is 4.90 Å². The molecule has 0 radical (unpaired) electrons. The van der Waals surface area contributed by atoms with Crippen molar-refractivity contribution in [1.82, 2.24) is 4.57 Å². The second-order valence-electron chi connectivity index (χ2n) is 16.5. The molecule has 0 unspecified atom stereocenters. The van der Waals surface area contributed by atoms with Crippen LogP contribution in [0.2, 0.25) is 0 Å². The maximum absolute atomic E-state index is 2.46. The van der Waals surface area contributed by atoms with Crippen molar-refractivity contribution in [2.24, 2.45) is 0 Å². The van der Waals surface area contributed by atoms with Gasteiger partial charge in [-0.2, -0.15) is 0 Å². The van der Waals surface area contributed by atoms with Gasteiger partial charge in [0.1, 0.15) is 0 Å². The lowest BCUT2D eigenvalue weighted by Crippen LogP contribution is -2.12. The third-order valence-electron chi connectivity index (χ3n) is 12.8. The zero-order valence-corrected chi connectivity index (χ0v) is 35.1. The zero-order valence-electron chi connectivity index (χ0n) is 35.1. The third kappa shape index (κ3) is 6.44. The second-order valence-corrected chi connectivity index (χ2v) is 16.5. The van der Waals surface area contributed by atoms with Gasteiger partial charge in [0.25, 0.3) is 0 Å². The van der Waals surface area contributed by atoms with Gasteiger partial charge in [-0.25, -0.2) is 0 Å². The smallest absolute Gasteiger partial charge is 0.0541 e. The Bertz CT molecular complexity index is 3610. The molecule has 0 saturated heterocycles. The number of para-hydroxylation sites is 3. The molecule has 0 bridgehead atoms. The number of aromatic nitrogens is 1. The maximum atomic E-state index is 2.46. The Kier molecular flexibility index (Phi) is 9.20. The predicted octanol–water partition coefficient (Wildman–Crippen LogP) is 17.2. The van der Waals surface area contributed by atoms with Gasteiger partial charge in [-0.1, -0.05) is 194 Å². The standard InChI is InChI=1S/C62H42N2/c1-3-18-43(19-4-1)46-36-39-62(58(41-46)44-20-5-2-6-21-44)63(49-37-34-45(35-38-49)57-42-48-22-7-8-25-51(48)53-27-9-10-28-54(53)57)59-31-14-11-26-52(59)47-23-17-24-50(40-47)64-60-32-15-12-29-55(60)56-30-13-16-33-61(56)64/h1-42H. The van der Waals surface area contributed by atoms with Crippen molar-refractivity contribution < 1.29 is 0 Å². The molecule has 0 aliphatic heterocycles. The number of nitrogens with zero attached hydrogens (tertiary/aromatic N) is 2. The van der Waals surface area contributed by atoms with Gasteiger partial charge >= 0.3 is 0 Å². The van der Waals surface area contributed by atoms with E-state index in [9.17, 15) is 0 Å². The molecule has 2 nitrogen and oxygen atoms in total. The van der Waals surface area contributed by atoms with Crippen molar-refractivity contribution in [1.29, 1.82) is 0 Å². The molecular weight excluding hydrogens is 773 g/mol. The third-order valence-corrected chi connectivity index (χ3v) is 12.8. The minimum Gasteiger partial charge on any atom is -0.309 e. The first kappa shape index (κ1) is 37.3. The normalized spacial score (nSPS) is 11.4. The molecular formula is C62H42N2. The largest absolute Gasteiger partial charge is 0.309 e. The summed E-state index contributed by atoms with van der Waals surface area (Å²) >= 11 is 0. The number of hydrogen-bond acceptors (Lipinski definition) is 1. The minimum atomic E-state index is 1.07. The number of rotatable bonds is 8. The lowest BCUT2D eigenvalue weighted by molar-refractivity contribution is 1.18. The van der Waals surface area contributed by atoms with Gasteiger partial charge in [0.15, 0.2) is 0 Å². The first-order valence-electron chi connectivity index (χ1n) is 22.0. The van der Waals surface area contributed by atoms with Crippen LogP contribution >= 0.6 is 0 Å². The first-order chi connectivity index (χ1) is 31.8. The van der Waals surface area contributed by atoms with E-state index in [2.05, 4.69) is 264 Å².